The Bertz CT molecular complexity index is 1740. The molecular weight excluding hydrogens is 659 g/mol. The quantitative estimate of drug-likeness (QED) is 0.107. The van der Waals surface area contributed by atoms with Gasteiger partial charge in [-0.25, -0.2) is 4.98 Å². The molecule has 0 saturated carbocycles. The van der Waals surface area contributed by atoms with E-state index in [2.05, 4.69) is 10.3 Å². The minimum Gasteiger partial charge on any atom is -0.481 e. The molecule has 9 nitrogen and oxygen atoms in total. The SMILES string of the molecule is CC(Oc1ccc(Oc2ncc(C(F)(F)F)cc2Cl)cc1)C(=O)Nc1cc(Oc2ccc(C(F)(F)F)cc2Cl)ccc1[N+](=O)[O-]. The standard InChI is InChI=1S/C28H17Cl2F6N3O6/c1-14(43-17-3-5-18(6-4-17)45-26-21(30)11-16(13-37-26)28(34,35)36)25(40)38-22-12-19(7-8-23(22)39(41)42)44-24-9-2-15(10-20(24)29)27(31,32)33/h2-14H,1H3,(H,38,40). The third kappa shape index (κ3) is 8.45. The fraction of sp³-hybridized carbons (Fsp3) is 0.143. The number of ether oxygens (including phenoxy) is 3. The van der Waals surface area contributed by atoms with Crippen molar-refractivity contribution in [2.45, 2.75) is 25.4 Å². The van der Waals surface area contributed by atoms with Gasteiger partial charge in [0.1, 0.15) is 33.7 Å². The van der Waals surface area contributed by atoms with Crippen LogP contribution in [0, 0.1) is 10.1 Å². The number of hydrogen-bond donors (Lipinski definition) is 1. The highest BCUT2D eigenvalue weighted by atomic mass is 35.5. The number of halogens is 8. The lowest BCUT2D eigenvalue weighted by atomic mass is 10.2. The van der Waals surface area contributed by atoms with Gasteiger partial charge in [0.25, 0.3) is 11.6 Å². The summed E-state index contributed by atoms with van der Waals surface area (Å²) >= 11 is 11.8. The van der Waals surface area contributed by atoms with Crippen molar-refractivity contribution in [3.63, 3.8) is 0 Å². The predicted molar refractivity (Wildman–Crippen MR) is 149 cm³/mol. The highest BCUT2D eigenvalue weighted by molar-refractivity contribution is 6.32. The number of nitro groups is 1. The van der Waals surface area contributed by atoms with Crippen molar-refractivity contribution in [2.24, 2.45) is 0 Å². The van der Waals surface area contributed by atoms with Gasteiger partial charge in [-0.3, -0.25) is 14.9 Å². The maximum absolute atomic E-state index is 12.9. The number of aromatic nitrogens is 1. The van der Waals surface area contributed by atoms with Crippen molar-refractivity contribution < 1.29 is 50.3 Å². The summed E-state index contributed by atoms with van der Waals surface area (Å²) in [5, 5.41) is 13.2. The molecule has 4 aromatic rings. The number of carbonyl (C=O) groups is 1. The van der Waals surface area contributed by atoms with E-state index in [-0.39, 0.29) is 44.6 Å². The molecule has 236 valence electrons. The van der Waals surface area contributed by atoms with E-state index in [0.29, 0.717) is 18.3 Å². The molecule has 45 heavy (non-hydrogen) atoms. The number of nitro benzene ring substituents is 1. The highest BCUT2D eigenvalue weighted by Crippen LogP contribution is 2.38. The van der Waals surface area contributed by atoms with Gasteiger partial charge in [0.15, 0.2) is 6.10 Å². The molecule has 0 aliphatic heterocycles. The normalized spacial score (nSPS) is 12.3. The Morgan fingerprint density at radius 1 is 0.844 bits per heavy atom. The molecule has 0 fully saturated rings. The summed E-state index contributed by atoms with van der Waals surface area (Å²) in [5.41, 5.74) is -2.87. The summed E-state index contributed by atoms with van der Waals surface area (Å²) in [4.78, 5) is 27.2. The highest BCUT2D eigenvalue weighted by Gasteiger charge is 2.32. The van der Waals surface area contributed by atoms with Crippen LogP contribution >= 0.6 is 23.2 Å². The molecular formula is C28H17Cl2F6N3O6. The molecule has 1 aromatic heterocycles. The zero-order chi connectivity index (χ0) is 33.1. The number of benzene rings is 3. The van der Waals surface area contributed by atoms with Crippen molar-refractivity contribution in [3.8, 4) is 28.9 Å². The predicted octanol–water partition coefficient (Wildman–Crippen LogP) is 9.32. The number of amides is 1. The molecule has 0 bridgehead atoms. The van der Waals surface area contributed by atoms with Crippen LogP contribution in [-0.2, 0) is 17.1 Å². The molecule has 1 atom stereocenters. The van der Waals surface area contributed by atoms with Gasteiger partial charge in [-0.05, 0) is 61.5 Å². The summed E-state index contributed by atoms with van der Waals surface area (Å²) in [5.74, 6) is -1.06. The third-order valence-corrected chi connectivity index (χ3v) is 6.33. The molecule has 4 rings (SSSR count). The van der Waals surface area contributed by atoms with Crippen LogP contribution in [0.25, 0.3) is 0 Å². The summed E-state index contributed by atoms with van der Waals surface area (Å²) in [6.07, 6.45) is -9.92. The van der Waals surface area contributed by atoms with E-state index in [0.717, 1.165) is 24.3 Å². The Hall–Kier alpha value is -4.76. The van der Waals surface area contributed by atoms with Gasteiger partial charge in [-0.2, -0.15) is 26.3 Å². The fourth-order valence-corrected chi connectivity index (χ4v) is 3.99. The second-order valence-corrected chi connectivity index (χ2v) is 9.83. The summed E-state index contributed by atoms with van der Waals surface area (Å²) in [6.45, 7) is 1.35. The number of pyridine rings is 1. The maximum atomic E-state index is 12.9. The van der Waals surface area contributed by atoms with Gasteiger partial charge in [0, 0.05) is 18.3 Å². The number of hydrogen-bond acceptors (Lipinski definition) is 7. The van der Waals surface area contributed by atoms with Gasteiger partial charge < -0.3 is 19.5 Å². The van der Waals surface area contributed by atoms with E-state index in [4.69, 9.17) is 37.4 Å². The summed E-state index contributed by atoms with van der Waals surface area (Å²) in [7, 11) is 0. The van der Waals surface area contributed by atoms with Crippen LogP contribution in [0.4, 0.5) is 37.7 Å². The Morgan fingerprint density at radius 3 is 2.02 bits per heavy atom. The van der Waals surface area contributed by atoms with Crippen LogP contribution in [-0.4, -0.2) is 21.9 Å². The number of nitrogens with zero attached hydrogens (tertiary/aromatic N) is 2. The van der Waals surface area contributed by atoms with Crippen molar-refractivity contribution in [1.29, 1.82) is 0 Å². The minimum atomic E-state index is -4.64. The molecule has 0 aliphatic rings. The molecule has 0 saturated heterocycles. The van der Waals surface area contributed by atoms with E-state index in [1.165, 1.54) is 37.3 Å². The van der Waals surface area contributed by atoms with Gasteiger partial charge in [-0.1, -0.05) is 23.2 Å². The average molecular weight is 676 g/mol. The molecule has 0 spiro atoms. The Balaban J connectivity index is 1.43. The second-order valence-electron chi connectivity index (χ2n) is 9.01. The lowest BCUT2D eigenvalue weighted by molar-refractivity contribution is -0.383. The van der Waals surface area contributed by atoms with E-state index in [9.17, 15) is 41.3 Å². The van der Waals surface area contributed by atoms with E-state index >= 15 is 0 Å². The number of alkyl halides is 6. The minimum absolute atomic E-state index is 0.0793. The molecule has 0 radical (unpaired) electrons. The molecule has 1 amide bonds. The lowest BCUT2D eigenvalue weighted by Gasteiger charge is -2.16. The number of rotatable bonds is 9. The number of nitrogens with one attached hydrogen (secondary N) is 1. The van der Waals surface area contributed by atoms with Gasteiger partial charge in [-0.15, -0.1) is 0 Å². The van der Waals surface area contributed by atoms with Crippen LogP contribution in [0.2, 0.25) is 10.0 Å². The van der Waals surface area contributed by atoms with E-state index in [1.54, 1.807) is 0 Å². The molecule has 0 aliphatic carbocycles. The summed E-state index contributed by atoms with van der Waals surface area (Å²) in [6, 6.07) is 11.8. The first-order chi connectivity index (χ1) is 21.0. The average Bonchev–Trinajstić information content (AvgIpc) is 2.95. The van der Waals surface area contributed by atoms with Crippen LogP contribution < -0.4 is 19.5 Å². The first kappa shape index (κ1) is 33.1. The van der Waals surface area contributed by atoms with Gasteiger partial charge >= 0.3 is 12.4 Å². The smallest absolute Gasteiger partial charge is 0.417 e. The Kier molecular flexibility index (Phi) is 9.63. The first-order valence-electron chi connectivity index (χ1n) is 12.3. The zero-order valence-electron chi connectivity index (χ0n) is 22.4. The molecule has 1 heterocycles. The molecule has 3 aromatic carbocycles. The largest absolute Gasteiger partial charge is 0.481 e. The van der Waals surface area contributed by atoms with Crippen molar-refractivity contribution in [3.05, 3.63) is 104 Å². The van der Waals surface area contributed by atoms with Crippen molar-refractivity contribution in [1.82, 2.24) is 4.98 Å². The summed E-state index contributed by atoms with van der Waals surface area (Å²) < 4.78 is 93.7. The van der Waals surface area contributed by atoms with E-state index < -0.39 is 46.1 Å². The Morgan fingerprint density at radius 2 is 1.44 bits per heavy atom. The second kappa shape index (κ2) is 13.1. The van der Waals surface area contributed by atoms with Crippen LogP contribution in [0.5, 0.6) is 28.9 Å². The van der Waals surface area contributed by atoms with Crippen LogP contribution in [0.3, 0.4) is 0 Å². The van der Waals surface area contributed by atoms with Crippen LogP contribution in [0.1, 0.15) is 18.1 Å². The van der Waals surface area contributed by atoms with Gasteiger partial charge in [0.2, 0.25) is 5.88 Å². The van der Waals surface area contributed by atoms with E-state index in [1.807, 2.05) is 0 Å². The molecule has 17 heteroatoms. The maximum Gasteiger partial charge on any atom is 0.417 e. The first-order valence-corrected chi connectivity index (χ1v) is 13.1. The number of carbonyl (C=O) groups excluding carboxylic acids is 1. The molecule has 1 N–H and O–H groups in total. The lowest BCUT2D eigenvalue weighted by Crippen LogP contribution is -2.30. The monoisotopic (exact) mass is 675 g/mol. The third-order valence-electron chi connectivity index (χ3n) is 5.76. The van der Waals surface area contributed by atoms with Gasteiger partial charge in [0.05, 0.1) is 21.1 Å². The van der Waals surface area contributed by atoms with Crippen LogP contribution in [0.15, 0.2) is 72.9 Å². The topological polar surface area (TPSA) is 113 Å². The van der Waals surface area contributed by atoms with Crippen molar-refractivity contribution in [2.75, 3.05) is 5.32 Å². The number of anilines is 1. The molecule has 1 unspecified atom stereocenters. The Labute approximate surface area is 259 Å². The van der Waals surface area contributed by atoms with Crippen molar-refractivity contribution >= 4 is 40.5 Å². The fourth-order valence-electron chi connectivity index (χ4n) is 3.57. The zero-order valence-corrected chi connectivity index (χ0v) is 23.9.